The summed E-state index contributed by atoms with van der Waals surface area (Å²) >= 11 is 1.67. The lowest BCUT2D eigenvalue weighted by Gasteiger charge is -2.14. The summed E-state index contributed by atoms with van der Waals surface area (Å²) in [7, 11) is 0. The Morgan fingerprint density at radius 2 is 2.05 bits per heavy atom. The van der Waals surface area contributed by atoms with E-state index in [2.05, 4.69) is 24.0 Å². The largest absolute Gasteiger partial charge is 0.486 e. The van der Waals surface area contributed by atoms with Crippen LogP contribution in [0.1, 0.15) is 29.1 Å². The summed E-state index contributed by atoms with van der Waals surface area (Å²) < 4.78 is 7.15. The lowest BCUT2D eigenvalue weighted by atomic mass is 10.1. The van der Waals surface area contributed by atoms with Crippen molar-refractivity contribution < 1.29 is 4.74 Å². The summed E-state index contributed by atoms with van der Waals surface area (Å²) in [5.41, 5.74) is 9.22. The molecule has 108 valence electrons. The minimum absolute atomic E-state index is 0.0454. The van der Waals surface area contributed by atoms with E-state index in [0.29, 0.717) is 6.61 Å². The lowest BCUT2D eigenvalue weighted by Crippen LogP contribution is -2.08. The number of rotatable bonds is 4. The van der Waals surface area contributed by atoms with Crippen LogP contribution in [-0.2, 0) is 6.61 Å². The SMILES string of the molecule is Cc1ccc([C@H](C)N)c(OCc2nc3ccccc3s2)c1. The molecule has 1 heterocycles. The normalized spacial score (nSPS) is 12.5. The molecule has 0 aliphatic rings. The van der Waals surface area contributed by atoms with Gasteiger partial charge in [0.15, 0.2) is 0 Å². The molecule has 1 atom stereocenters. The van der Waals surface area contributed by atoms with Crippen LogP contribution in [0.25, 0.3) is 10.2 Å². The number of nitrogens with zero attached hydrogens (tertiary/aromatic N) is 1. The van der Waals surface area contributed by atoms with Crippen LogP contribution in [0.2, 0.25) is 0 Å². The van der Waals surface area contributed by atoms with E-state index in [1.807, 2.05) is 37.3 Å². The van der Waals surface area contributed by atoms with E-state index in [1.165, 1.54) is 10.3 Å². The van der Waals surface area contributed by atoms with E-state index in [1.54, 1.807) is 11.3 Å². The van der Waals surface area contributed by atoms with Gasteiger partial charge < -0.3 is 10.5 Å². The van der Waals surface area contributed by atoms with Gasteiger partial charge in [0.2, 0.25) is 0 Å². The molecule has 3 aromatic rings. The molecule has 3 nitrogen and oxygen atoms in total. The second-order valence-corrected chi connectivity index (χ2v) is 6.31. The Hall–Kier alpha value is -1.91. The lowest BCUT2D eigenvalue weighted by molar-refractivity contribution is 0.301. The van der Waals surface area contributed by atoms with Crippen molar-refractivity contribution in [3.8, 4) is 5.75 Å². The molecule has 0 amide bonds. The molecule has 1 aromatic heterocycles. The van der Waals surface area contributed by atoms with E-state index >= 15 is 0 Å². The van der Waals surface area contributed by atoms with Crippen LogP contribution < -0.4 is 10.5 Å². The first-order valence-corrected chi connectivity index (χ1v) is 7.78. The number of para-hydroxylation sites is 1. The van der Waals surface area contributed by atoms with Crippen molar-refractivity contribution in [3.63, 3.8) is 0 Å². The van der Waals surface area contributed by atoms with Crippen molar-refractivity contribution in [2.24, 2.45) is 5.73 Å². The maximum atomic E-state index is 6.00. The fourth-order valence-electron chi connectivity index (χ4n) is 2.26. The fraction of sp³-hybridized carbons (Fsp3) is 0.235. The van der Waals surface area contributed by atoms with Crippen molar-refractivity contribution in [1.29, 1.82) is 0 Å². The van der Waals surface area contributed by atoms with Gasteiger partial charge >= 0.3 is 0 Å². The van der Waals surface area contributed by atoms with Gasteiger partial charge in [0.25, 0.3) is 0 Å². The quantitative estimate of drug-likeness (QED) is 0.785. The van der Waals surface area contributed by atoms with Crippen molar-refractivity contribution >= 4 is 21.6 Å². The Balaban J connectivity index is 1.82. The van der Waals surface area contributed by atoms with Crippen molar-refractivity contribution in [2.75, 3.05) is 0 Å². The first-order valence-electron chi connectivity index (χ1n) is 6.97. The zero-order valence-electron chi connectivity index (χ0n) is 12.2. The Morgan fingerprint density at radius 3 is 2.81 bits per heavy atom. The maximum absolute atomic E-state index is 6.00. The smallest absolute Gasteiger partial charge is 0.140 e. The summed E-state index contributed by atoms with van der Waals surface area (Å²) in [6.45, 7) is 4.49. The highest BCUT2D eigenvalue weighted by molar-refractivity contribution is 7.18. The summed E-state index contributed by atoms with van der Waals surface area (Å²) in [6.07, 6.45) is 0. The molecule has 21 heavy (non-hydrogen) atoms. The van der Waals surface area contributed by atoms with Crippen LogP contribution >= 0.6 is 11.3 Å². The predicted molar refractivity (Wildman–Crippen MR) is 87.7 cm³/mol. The van der Waals surface area contributed by atoms with Crippen LogP contribution in [0.5, 0.6) is 5.75 Å². The molecule has 4 heteroatoms. The van der Waals surface area contributed by atoms with Crippen LogP contribution in [0, 0.1) is 6.92 Å². The molecule has 0 bridgehead atoms. The standard InChI is InChI=1S/C17H18N2OS/c1-11-7-8-13(12(2)18)15(9-11)20-10-17-19-14-5-3-4-6-16(14)21-17/h3-9,12H,10,18H2,1-2H3/t12-/m0/s1. The van der Waals surface area contributed by atoms with Crippen LogP contribution in [-0.4, -0.2) is 4.98 Å². The Morgan fingerprint density at radius 1 is 1.24 bits per heavy atom. The molecule has 0 saturated carbocycles. The van der Waals surface area contributed by atoms with Crippen molar-refractivity contribution in [3.05, 3.63) is 58.6 Å². The molecule has 2 N–H and O–H groups in total. The number of aryl methyl sites for hydroxylation is 1. The van der Waals surface area contributed by atoms with E-state index in [0.717, 1.165) is 21.8 Å². The van der Waals surface area contributed by atoms with E-state index in [-0.39, 0.29) is 6.04 Å². The molecule has 3 rings (SSSR count). The number of thiazole rings is 1. The Kier molecular flexibility index (Phi) is 3.90. The van der Waals surface area contributed by atoms with Crippen LogP contribution in [0.4, 0.5) is 0 Å². The molecule has 2 aromatic carbocycles. The predicted octanol–water partition coefficient (Wildman–Crippen LogP) is 4.20. The Labute approximate surface area is 128 Å². The highest BCUT2D eigenvalue weighted by atomic mass is 32.1. The molecule has 0 saturated heterocycles. The van der Waals surface area contributed by atoms with Gasteiger partial charge in [-0.3, -0.25) is 0 Å². The number of ether oxygens (including phenoxy) is 1. The average molecular weight is 298 g/mol. The second kappa shape index (κ2) is 5.84. The van der Waals surface area contributed by atoms with E-state index < -0.39 is 0 Å². The molecule has 0 unspecified atom stereocenters. The number of benzene rings is 2. The average Bonchev–Trinajstić information content (AvgIpc) is 2.87. The van der Waals surface area contributed by atoms with Crippen LogP contribution in [0.15, 0.2) is 42.5 Å². The van der Waals surface area contributed by atoms with Crippen LogP contribution in [0.3, 0.4) is 0 Å². The molecule has 0 fully saturated rings. The number of hydrogen-bond acceptors (Lipinski definition) is 4. The second-order valence-electron chi connectivity index (χ2n) is 5.19. The molecular weight excluding hydrogens is 280 g/mol. The number of aromatic nitrogens is 1. The third kappa shape index (κ3) is 3.06. The van der Waals surface area contributed by atoms with Crippen molar-refractivity contribution in [2.45, 2.75) is 26.5 Å². The van der Waals surface area contributed by atoms with Gasteiger partial charge in [-0.2, -0.15) is 0 Å². The third-order valence-electron chi connectivity index (χ3n) is 3.35. The van der Waals surface area contributed by atoms with E-state index in [4.69, 9.17) is 10.5 Å². The minimum atomic E-state index is -0.0454. The zero-order chi connectivity index (χ0) is 14.8. The first-order chi connectivity index (χ1) is 10.1. The molecular formula is C17H18N2OS. The summed E-state index contributed by atoms with van der Waals surface area (Å²) in [5, 5.41) is 0.980. The van der Waals surface area contributed by atoms with E-state index in [9.17, 15) is 0 Å². The highest BCUT2D eigenvalue weighted by Gasteiger charge is 2.10. The topological polar surface area (TPSA) is 48.1 Å². The van der Waals surface area contributed by atoms with Crippen molar-refractivity contribution in [1.82, 2.24) is 4.98 Å². The number of hydrogen-bond donors (Lipinski definition) is 1. The van der Waals surface area contributed by atoms with Gasteiger partial charge in [0.1, 0.15) is 17.4 Å². The highest BCUT2D eigenvalue weighted by Crippen LogP contribution is 2.27. The van der Waals surface area contributed by atoms with Gasteiger partial charge in [-0.05, 0) is 37.6 Å². The molecule has 0 spiro atoms. The monoisotopic (exact) mass is 298 g/mol. The fourth-order valence-corrected chi connectivity index (χ4v) is 3.14. The number of fused-ring (bicyclic) bond motifs is 1. The van der Waals surface area contributed by atoms with Gasteiger partial charge in [-0.1, -0.05) is 24.3 Å². The summed E-state index contributed by atoms with van der Waals surface area (Å²) in [4.78, 5) is 4.59. The zero-order valence-corrected chi connectivity index (χ0v) is 13.0. The molecule has 0 radical (unpaired) electrons. The third-order valence-corrected chi connectivity index (χ3v) is 4.36. The van der Waals surface area contributed by atoms with Gasteiger partial charge in [-0.25, -0.2) is 4.98 Å². The summed E-state index contributed by atoms with van der Waals surface area (Å²) in [6, 6.07) is 14.2. The molecule has 0 aliphatic carbocycles. The number of nitrogens with two attached hydrogens (primary N) is 1. The summed E-state index contributed by atoms with van der Waals surface area (Å²) in [5.74, 6) is 0.851. The van der Waals surface area contributed by atoms with Gasteiger partial charge in [0, 0.05) is 11.6 Å². The van der Waals surface area contributed by atoms with Gasteiger partial charge in [0.05, 0.1) is 10.2 Å². The molecule has 0 aliphatic heterocycles. The Bertz CT molecular complexity index is 731. The van der Waals surface area contributed by atoms with Gasteiger partial charge in [-0.15, -0.1) is 11.3 Å². The first kappa shape index (κ1) is 14.0. The minimum Gasteiger partial charge on any atom is -0.486 e. The maximum Gasteiger partial charge on any atom is 0.140 e.